The molecule has 0 aliphatic heterocycles. The Kier molecular flexibility index (Phi) is 5.20. The van der Waals surface area contributed by atoms with Crippen LogP contribution in [0.2, 0.25) is 0 Å². The Morgan fingerprint density at radius 2 is 1.91 bits per heavy atom. The van der Waals surface area contributed by atoms with Crippen LogP contribution in [0.4, 0.5) is 28.1 Å². The van der Waals surface area contributed by atoms with E-state index in [9.17, 15) is 0 Å². The van der Waals surface area contributed by atoms with Gasteiger partial charge in [0.25, 0.3) is 0 Å². The molecule has 0 unspecified atom stereocenters. The standard InChI is InChI=1S/C24H22N6OS/c1-3-30(19-10-6-8-15-7-4-5-9-17(15)19)23-21(25)22(26-14-27-23)29-24-28-18-12-11-16(31-2)13-20(18)32-24/h4-14H,3,25H2,1-2H3,(H,26,27,28,29). The molecule has 0 aliphatic carbocycles. The highest BCUT2D eigenvalue weighted by Gasteiger charge is 2.18. The molecular weight excluding hydrogens is 420 g/mol. The summed E-state index contributed by atoms with van der Waals surface area (Å²) in [6, 6.07) is 20.3. The topological polar surface area (TPSA) is 89.2 Å². The lowest BCUT2D eigenvalue weighted by Gasteiger charge is -2.25. The number of methoxy groups -OCH3 is 1. The molecule has 0 saturated carbocycles. The maximum atomic E-state index is 6.56. The van der Waals surface area contributed by atoms with Crippen LogP contribution in [0, 0.1) is 0 Å². The van der Waals surface area contributed by atoms with Crippen molar-refractivity contribution in [2.45, 2.75) is 6.92 Å². The summed E-state index contributed by atoms with van der Waals surface area (Å²) in [4.78, 5) is 15.6. The zero-order chi connectivity index (χ0) is 22.1. The summed E-state index contributed by atoms with van der Waals surface area (Å²) in [5.41, 5.74) is 8.96. The van der Waals surface area contributed by atoms with Gasteiger partial charge in [-0.15, -0.1) is 0 Å². The van der Waals surface area contributed by atoms with Gasteiger partial charge in [-0.3, -0.25) is 0 Å². The molecule has 0 radical (unpaired) electrons. The van der Waals surface area contributed by atoms with Crippen LogP contribution in [0.25, 0.3) is 21.0 Å². The van der Waals surface area contributed by atoms with Gasteiger partial charge in [0, 0.05) is 11.9 Å². The first kappa shape index (κ1) is 20.0. The first-order valence-electron chi connectivity index (χ1n) is 10.3. The summed E-state index contributed by atoms with van der Waals surface area (Å²) < 4.78 is 6.33. The minimum absolute atomic E-state index is 0.471. The number of hydrogen-bond acceptors (Lipinski definition) is 8. The van der Waals surface area contributed by atoms with Gasteiger partial charge in [0.05, 0.1) is 23.0 Å². The van der Waals surface area contributed by atoms with Crippen LogP contribution < -0.4 is 20.7 Å². The molecule has 5 rings (SSSR count). The molecule has 160 valence electrons. The molecule has 3 N–H and O–H groups in total. The van der Waals surface area contributed by atoms with Crippen molar-refractivity contribution in [2.24, 2.45) is 0 Å². The van der Waals surface area contributed by atoms with Gasteiger partial charge in [0.15, 0.2) is 16.8 Å². The number of benzene rings is 3. The van der Waals surface area contributed by atoms with E-state index in [1.165, 1.54) is 23.1 Å². The summed E-state index contributed by atoms with van der Waals surface area (Å²) in [6.45, 7) is 2.78. The quantitative estimate of drug-likeness (QED) is 0.347. The molecule has 8 heteroatoms. The van der Waals surface area contributed by atoms with Gasteiger partial charge in [-0.1, -0.05) is 47.7 Å². The molecule has 0 saturated heterocycles. The van der Waals surface area contributed by atoms with Crippen molar-refractivity contribution < 1.29 is 4.74 Å². The number of nitrogen functional groups attached to an aromatic ring is 1. The second-order valence-corrected chi connectivity index (χ2v) is 8.21. The van der Waals surface area contributed by atoms with Gasteiger partial charge >= 0.3 is 0 Å². The van der Waals surface area contributed by atoms with Crippen molar-refractivity contribution in [3.63, 3.8) is 0 Å². The Morgan fingerprint density at radius 1 is 1.06 bits per heavy atom. The van der Waals surface area contributed by atoms with Gasteiger partial charge in [0.2, 0.25) is 0 Å². The average Bonchev–Trinajstić information content (AvgIpc) is 3.23. The molecule has 0 amide bonds. The Morgan fingerprint density at radius 3 is 2.75 bits per heavy atom. The maximum absolute atomic E-state index is 6.56. The molecule has 0 bridgehead atoms. The Hall–Kier alpha value is -3.91. The van der Waals surface area contributed by atoms with E-state index < -0.39 is 0 Å². The molecule has 7 nitrogen and oxygen atoms in total. The largest absolute Gasteiger partial charge is 0.497 e. The van der Waals surface area contributed by atoms with Crippen molar-refractivity contribution in [1.29, 1.82) is 0 Å². The fourth-order valence-electron chi connectivity index (χ4n) is 3.77. The Labute approximate surface area is 189 Å². The van der Waals surface area contributed by atoms with Crippen LogP contribution in [0.15, 0.2) is 67.0 Å². The molecule has 2 heterocycles. The third-order valence-corrected chi connectivity index (χ3v) is 6.25. The molecule has 2 aromatic heterocycles. The lowest BCUT2D eigenvalue weighted by Crippen LogP contribution is -2.20. The van der Waals surface area contributed by atoms with Crippen molar-refractivity contribution in [3.8, 4) is 5.75 Å². The van der Waals surface area contributed by atoms with Crippen LogP contribution in [-0.2, 0) is 0 Å². The van der Waals surface area contributed by atoms with E-state index in [2.05, 4.69) is 56.4 Å². The number of rotatable bonds is 6. The summed E-state index contributed by atoms with van der Waals surface area (Å²) >= 11 is 1.52. The number of fused-ring (bicyclic) bond motifs is 2. The van der Waals surface area contributed by atoms with Gasteiger partial charge in [-0.05, 0) is 36.6 Å². The van der Waals surface area contributed by atoms with Crippen molar-refractivity contribution in [1.82, 2.24) is 15.0 Å². The molecule has 3 aromatic carbocycles. The predicted octanol–water partition coefficient (Wildman–Crippen LogP) is 5.73. The monoisotopic (exact) mass is 442 g/mol. The van der Waals surface area contributed by atoms with E-state index in [0.29, 0.717) is 29.0 Å². The number of nitrogens with one attached hydrogen (secondary N) is 1. The molecule has 0 aliphatic rings. The lowest BCUT2D eigenvalue weighted by molar-refractivity contribution is 0.415. The van der Waals surface area contributed by atoms with Crippen molar-refractivity contribution in [3.05, 3.63) is 67.0 Å². The predicted molar refractivity (Wildman–Crippen MR) is 133 cm³/mol. The molecule has 0 fully saturated rings. The van der Waals surface area contributed by atoms with E-state index >= 15 is 0 Å². The van der Waals surface area contributed by atoms with Gasteiger partial charge in [0.1, 0.15) is 17.8 Å². The zero-order valence-corrected chi connectivity index (χ0v) is 18.6. The summed E-state index contributed by atoms with van der Waals surface area (Å²) in [5, 5.41) is 6.29. The third-order valence-electron chi connectivity index (χ3n) is 5.31. The highest BCUT2D eigenvalue weighted by molar-refractivity contribution is 7.22. The van der Waals surface area contributed by atoms with Crippen LogP contribution >= 0.6 is 11.3 Å². The van der Waals surface area contributed by atoms with E-state index in [1.54, 1.807) is 7.11 Å². The number of aromatic nitrogens is 3. The highest BCUT2D eigenvalue weighted by atomic mass is 32.1. The number of nitrogens with zero attached hydrogens (tertiary/aromatic N) is 4. The highest BCUT2D eigenvalue weighted by Crippen LogP contribution is 2.37. The van der Waals surface area contributed by atoms with E-state index in [4.69, 9.17) is 10.5 Å². The second kappa shape index (κ2) is 8.32. The van der Waals surface area contributed by atoms with Crippen LogP contribution in [0.3, 0.4) is 0 Å². The smallest absolute Gasteiger partial charge is 0.189 e. The number of ether oxygens (including phenoxy) is 1. The van der Waals surface area contributed by atoms with E-state index in [0.717, 1.165) is 27.0 Å². The fourth-order valence-corrected chi connectivity index (χ4v) is 4.66. The lowest BCUT2D eigenvalue weighted by atomic mass is 10.1. The van der Waals surface area contributed by atoms with Gasteiger partial charge in [-0.2, -0.15) is 0 Å². The van der Waals surface area contributed by atoms with E-state index in [-0.39, 0.29) is 0 Å². The zero-order valence-electron chi connectivity index (χ0n) is 17.7. The molecule has 5 aromatic rings. The van der Waals surface area contributed by atoms with E-state index in [1.807, 2.05) is 36.4 Å². The summed E-state index contributed by atoms with van der Waals surface area (Å²) in [7, 11) is 1.65. The van der Waals surface area contributed by atoms with Crippen LogP contribution in [0.1, 0.15) is 6.92 Å². The van der Waals surface area contributed by atoms with Crippen molar-refractivity contribution >= 4 is 60.5 Å². The molecule has 0 atom stereocenters. The minimum Gasteiger partial charge on any atom is -0.497 e. The molecule has 0 spiro atoms. The normalized spacial score (nSPS) is 11.1. The number of anilines is 5. The number of nitrogens with two attached hydrogens (primary N) is 1. The van der Waals surface area contributed by atoms with Gasteiger partial charge < -0.3 is 20.7 Å². The molecular formula is C24H22N6OS. The van der Waals surface area contributed by atoms with Gasteiger partial charge in [-0.25, -0.2) is 15.0 Å². The summed E-state index contributed by atoms with van der Waals surface area (Å²) in [6.07, 6.45) is 1.53. The number of thiazole rings is 1. The fraction of sp³-hybridized carbons (Fsp3) is 0.125. The molecule has 32 heavy (non-hydrogen) atoms. The van der Waals surface area contributed by atoms with Crippen LogP contribution in [-0.4, -0.2) is 28.6 Å². The Bertz CT molecular complexity index is 1410. The summed E-state index contributed by atoms with van der Waals surface area (Å²) in [5.74, 6) is 1.98. The average molecular weight is 443 g/mol. The number of hydrogen-bond donors (Lipinski definition) is 2. The minimum atomic E-state index is 0.471. The second-order valence-electron chi connectivity index (χ2n) is 7.18. The third kappa shape index (κ3) is 3.54. The first-order valence-corrected chi connectivity index (χ1v) is 11.1. The maximum Gasteiger partial charge on any atom is 0.189 e. The van der Waals surface area contributed by atoms with Crippen molar-refractivity contribution in [2.75, 3.05) is 29.6 Å². The van der Waals surface area contributed by atoms with Crippen LogP contribution in [0.5, 0.6) is 5.75 Å². The SMILES string of the molecule is CCN(c1ncnc(Nc2nc3ccc(OC)cc3s2)c1N)c1cccc2ccccc12. The Balaban J connectivity index is 1.52. The first-order chi connectivity index (χ1) is 15.7.